The predicted molar refractivity (Wildman–Crippen MR) is 45.2 cm³/mol. The fourth-order valence-electron chi connectivity index (χ4n) is 0.908. The van der Waals surface area contributed by atoms with Crippen molar-refractivity contribution in [3.8, 4) is 5.88 Å². The van der Waals surface area contributed by atoms with Crippen molar-refractivity contribution in [2.75, 3.05) is 7.11 Å². The topological polar surface area (TPSA) is 47.9 Å². The molecule has 0 aromatic carbocycles. The van der Waals surface area contributed by atoms with Crippen LogP contribution in [0.25, 0.3) is 0 Å². The van der Waals surface area contributed by atoms with Crippen LogP contribution in [0.15, 0.2) is 0 Å². The minimum Gasteiger partial charge on any atom is -0.480 e. The average molecular weight is 167 g/mol. The van der Waals surface area contributed by atoms with E-state index in [0.29, 0.717) is 17.6 Å². The predicted octanol–water partition coefficient (Wildman–Crippen LogP) is 1.31. The molecule has 0 saturated carbocycles. The molecule has 0 aliphatic rings. The largest absolute Gasteiger partial charge is 0.480 e. The van der Waals surface area contributed by atoms with E-state index in [1.165, 1.54) is 0 Å². The van der Waals surface area contributed by atoms with Gasteiger partial charge in [-0.05, 0) is 6.92 Å². The van der Waals surface area contributed by atoms with Gasteiger partial charge in [0, 0.05) is 5.92 Å². The standard InChI is InChI=1S/C8H13N3O/c1-5(2)7-8(12-4)9-6(3)10-11-7/h5H,1-4H3. The van der Waals surface area contributed by atoms with E-state index in [9.17, 15) is 0 Å². The summed E-state index contributed by atoms with van der Waals surface area (Å²) >= 11 is 0. The fraction of sp³-hybridized carbons (Fsp3) is 0.625. The first-order valence-corrected chi connectivity index (χ1v) is 3.90. The van der Waals surface area contributed by atoms with Gasteiger partial charge in [-0.2, -0.15) is 4.98 Å². The summed E-state index contributed by atoms with van der Waals surface area (Å²) in [6.07, 6.45) is 0. The zero-order valence-electron chi connectivity index (χ0n) is 7.83. The van der Waals surface area contributed by atoms with Crippen LogP contribution in [-0.4, -0.2) is 22.3 Å². The van der Waals surface area contributed by atoms with Crippen molar-refractivity contribution >= 4 is 0 Å². The molecule has 1 heterocycles. The van der Waals surface area contributed by atoms with Gasteiger partial charge in [0.05, 0.1) is 7.11 Å². The van der Waals surface area contributed by atoms with Crippen LogP contribution in [0.5, 0.6) is 5.88 Å². The highest BCUT2D eigenvalue weighted by molar-refractivity contribution is 5.19. The van der Waals surface area contributed by atoms with Crippen LogP contribution in [0.2, 0.25) is 0 Å². The van der Waals surface area contributed by atoms with E-state index in [0.717, 1.165) is 5.69 Å². The molecular weight excluding hydrogens is 154 g/mol. The molecule has 4 heteroatoms. The Morgan fingerprint density at radius 2 is 1.92 bits per heavy atom. The highest BCUT2D eigenvalue weighted by Gasteiger charge is 2.10. The molecule has 0 radical (unpaired) electrons. The zero-order valence-corrected chi connectivity index (χ0v) is 7.83. The van der Waals surface area contributed by atoms with Gasteiger partial charge in [0.15, 0.2) is 5.82 Å². The van der Waals surface area contributed by atoms with Crippen LogP contribution in [0.3, 0.4) is 0 Å². The monoisotopic (exact) mass is 167 g/mol. The lowest BCUT2D eigenvalue weighted by Gasteiger charge is -2.07. The van der Waals surface area contributed by atoms with E-state index in [1.807, 2.05) is 13.8 Å². The van der Waals surface area contributed by atoms with Crippen LogP contribution >= 0.6 is 0 Å². The summed E-state index contributed by atoms with van der Waals surface area (Å²) in [6.45, 7) is 5.85. The van der Waals surface area contributed by atoms with Gasteiger partial charge in [0.25, 0.3) is 0 Å². The SMILES string of the molecule is COc1nc(C)nnc1C(C)C. The Labute approximate surface area is 72.0 Å². The Bertz CT molecular complexity index is 273. The number of rotatable bonds is 2. The second-order valence-corrected chi connectivity index (χ2v) is 2.91. The molecule has 0 aliphatic heterocycles. The van der Waals surface area contributed by atoms with Crippen molar-refractivity contribution in [1.82, 2.24) is 15.2 Å². The van der Waals surface area contributed by atoms with Crippen molar-refractivity contribution in [2.24, 2.45) is 0 Å². The average Bonchev–Trinajstić information content (AvgIpc) is 2.03. The second kappa shape index (κ2) is 3.47. The third kappa shape index (κ3) is 1.69. The summed E-state index contributed by atoms with van der Waals surface area (Å²) in [5.41, 5.74) is 0.808. The summed E-state index contributed by atoms with van der Waals surface area (Å²) < 4.78 is 5.07. The summed E-state index contributed by atoms with van der Waals surface area (Å²) in [7, 11) is 1.59. The zero-order chi connectivity index (χ0) is 9.14. The highest BCUT2D eigenvalue weighted by atomic mass is 16.5. The van der Waals surface area contributed by atoms with Crippen LogP contribution in [0, 0.1) is 6.92 Å². The maximum Gasteiger partial charge on any atom is 0.239 e. The Morgan fingerprint density at radius 1 is 1.25 bits per heavy atom. The molecule has 1 aromatic heterocycles. The Kier molecular flexibility index (Phi) is 2.58. The summed E-state index contributed by atoms with van der Waals surface area (Å²) in [5.74, 6) is 1.51. The number of aromatic nitrogens is 3. The molecule has 1 aromatic rings. The third-order valence-electron chi connectivity index (χ3n) is 1.53. The van der Waals surface area contributed by atoms with Gasteiger partial charge < -0.3 is 4.74 Å². The second-order valence-electron chi connectivity index (χ2n) is 2.91. The van der Waals surface area contributed by atoms with Gasteiger partial charge in [-0.1, -0.05) is 13.8 Å². The summed E-state index contributed by atoms with van der Waals surface area (Å²) in [6, 6.07) is 0. The molecule has 12 heavy (non-hydrogen) atoms. The smallest absolute Gasteiger partial charge is 0.239 e. The number of methoxy groups -OCH3 is 1. The van der Waals surface area contributed by atoms with Crippen molar-refractivity contribution in [1.29, 1.82) is 0 Å². The van der Waals surface area contributed by atoms with Crippen molar-refractivity contribution in [2.45, 2.75) is 26.7 Å². The molecule has 0 aliphatic carbocycles. The lowest BCUT2D eigenvalue weighted by atomic mass is 10.1. The fourth-order valence-corrected chi connectivity index (χ4v) is 0.908. The third-order valence-corrected chi connectivity index (χ3v) is 1.53. The van der Waals surface area contributed by atoms with E-state index >= 15 is 0 Å². The number of hydrogen-bond acceptors (Lipinski definition) is 4. The summed E-state index contributed by atoms with van der Waals surface area (Å²) in [4.78, 5) is 4.12. The first-order chi connectivity index (χ1) is 5.65. The molecule has 66 valence electrons. The number of aryl methyl sites for hydroxylation is 1. The van der Waals surface area contributed by atoms with E-state index in [-0.39, 0.29) is 0 Å². The van der Waals surface area contributed by atoms with Gasteiger partial charge in [0.2, 0.25) is 5.88 Å². The van der Waals surface area contributed by atoms with E-state index in [4.69, 9.17) is 4.74 Å². The van der Waals surface area contributed by atoms with Gasteiger partial charge in [-0.15, -0.1) is 10.2 Å². The van der Waals surface area contributed by atoms with Crippen molar-refractivity contribution < 1.29 is 4.74 Å². The molecule has 1 rings (SSSR count). The quantitative estimate of drug-likeness (QED) is 0.666. The van der Waals surface area contributed by atoms with E-state index in [1.54, 1.807) is 14.0 Å². The van der Waals surface area contributed by atoms with Crippen LogP contribution in [0.1, 0.15) is 31.3 Å². The molecule has 0 spiro atoms. The first-order valence-electron chi connectivity index (χ1n) is 3.90. The van der Waals surface area contributed by atoms with Gasteiger partial charge in [-0.3, -0.25) is 0 Å². The molecule has 0 saturated heterocycles. The van der Waals surface area contributed by atoms with Crippen LogP contribution < -0.4 is 4.74 Å². The number of hydrogen-bond donors (Lipinski definition) is 0. The maximum atomic E-state index is 5.07. The minimum atomic E-state index is 0.292. The van der Waals surface area contributed by atoms with Gasteiger partial charge >= 0.3 is 0 Å². The number of nitrogens with zero attached hydrogens (tertiary/aromatic N) is 3. The molecule has 0 amide bonds. The highest BCUT2D eigenvalue weighted by Crippen LogP contribution is 2.19. The molecule has 0 bridgehead atoms. The normalized spacial score (nSPS) is 10.4. The number of ether oxygens (including phenoxy) is 1. The van der Waals surface area contributed by atoms with E-state index < -0.39 is 0 Å². The van der Waals surface area contributed by atoms with Crippen LogP contribution in [-0.2, 0) is 0 Å². The van der Waals surface area contributed by atoms with Gasteiger partial charge in [-0.25, -0.2) is 0 Å². The van der Waals surface area contributed by atoms with E-state index in [2.05, 4.69) is 15.2 Å². The lowest BCUT2D eigenvalue weighted by Crippen LogP contribution is -2.04. The molecule has 0 fully saturated rings. The Balaban J connectivity index is 3.11. The van der Waals surface area contributed by atoms with Crippen molar-refractivity contribution in [3.63, 3.8) is 0 Å². The molecule has 0 N–H and O–H groups in total. The molecule has 0 unspecified atom stereocenters. The summed E-state index contributed by atoms with van der Waals surface area (Å²) in [5, 5.41) is 7.88. The molecule has 4 nitrogen and oxygen atoms in total. The Hall–Kier alpha value is -1.19. The Morgan fingerprint density at radius 3 is 2.42 bits per heavy atom. The van der Waals surface area contributed by atoms with Crippen molar-refractivity contribution in [3.05, 3.63) is 11.5 Å². The lowest BCUT2D eigenvalue weighted by molar-refractivity contribution is 0.382. The maximum absolute atomic E-state index is 5.07. The first kappa shape index (κ1) is 8.90. The van der Waals surface area contributed by atoms with Crippen LogP contribution in [0.4, 0.5) is 0 Å². The molecular formula is C8H13N3O. The minimum absolute atomic E-state index is 0.292. The molecule has 0 atom stereocenters. The van der Waals surface area contributed by atoms with Gasteiger partial charge in [0.1, 0.15) is 5.69 Å².